The van der Waals surface area contributed by atoms with Crippen LogP contribution in [0.25, 0.3) is 5.57 Å². The Labute approximate surface area is 163 Å². The average molecular weight is 360 g/mol. The van der Waals surface area contributed by atoms with Crippen LogP contribution in [0.4, 0.5) is 5.69 Å². The van der Waals surface area contributed by atoms with Crippen LogP contribution >= 0.6 is 0 Å². The van der Waals surface area contributed by atoms with Gasteiger partial charge in [-0.15, -0.1) is 0 Å². The Morgan fingerprint density at radius 3 is 2.00 bits per heavy atom. The van der Waals surface area contributed by atoms with Gasteiger partial charge >= 0.3 is 0 Å². The van der Waals surface area contributed by atoms with E-state index < -0.39 is 0 Å². The van der Waals surface area contributed by atoms with E-state index in [2.05, 4.69) is 57.3 Å². The number of carbonyl (C=O) groups excluding carboxylic acids is 1. The van der Waals surface area contributed by atoms with E-state index in [1.807, 2.05) is 44.2 Å². The summed E-state index contributed by atoms with van der Waals surface area (Å²) in [4.78, 5) is 12.1. The number of hydrogen-bond donors (Lipinski definition) is 1. The Bertz CT molecular complexity index is 892. The van der Waals surface area contributed by atoms with Crippen LogP contribution in [0.2, 0.25) is 0 Å². The molecule has 0 aliphatic heterocycles. The van der Waals surface area contributed by atoms with E-state index in [9.17, 15) is 4.79 Å². The smallest absolute Gasteiger partial charge is 0.248 e. The SMILES string of the molecule is CC(/C=C/C(C)=C/C(=O)Nc1ccc(C)cc1)=C(\C)c1cc(C)cc(C)c1. The number of rotatable bonds is 5. The standard InChI is InChI=1S/C25H29NO/c1-17-8-11-24(12-9-17)26-25(27)16-18(2)7-10-21(5)22(6)23-14-19(3)13-20(4)15-23/h7-16H,1-6H3,(H,26,27)/b10-7+,18-16+,22-21-. The largest absolute Gasteiger partial charge is 0.323 e. The highest BCUT2D eigenvalue weighted by Crippen LogP contribution is 2.22. The molecule has 0 aromatic heterocycles. The molecule has 27 heavy (non-hydrogen) atoms. The van der Waals surface area contributed by atoms with Gasteiger partial charge in [0.2, 0.25) is 5.91 Å². The zero-order chi connectivity index (χ0) is 20.0. The Hall–Kier alpha value is -2.87. The van der Waals surface area contributed by atoms with Gasteiger partial charge in [0, 0.05) is 11.8 Å². The van der Waals surface area contributed by atoms with Crippen LogP contribution in [-0.4, -0.2) is 5.91 Å². The van der Waals surface area contributed by atoms with Crippen molar-refractivity contribution in [3.63, 3.8) is 0 Å². The molecule has 2 aromatic carbocycles. The summed E-state index contributed by atoms with van der Waals surface area (Å²) in [5.74, 6) is -0.117. The molecule has 0 aliphatic carbocycles. The lowest BCUT2D eigenvalue weighted by Gasteiger charge is -2.08. The first-order valence-corrected chi connectivity index (χ1v) is 9.25. The topological polar surface area (TPSA) is 29.1 Å². The minimum absolute atomic E-state index is 0.117. The molecule has 2 heteroatoms. The van der Waals surface area contributed by atoms with E-state index >= 15 is 0 Å². The third-order valence-electron chi connectivity index (χ3n) is 4.52. The van der Waals surface area contributed by atoms with Crippen LogP contribution in [0.15, 0.2) is 71.8 Å². The normalized spacial score (nSPS) is 12.9. The number of hydrogen-bond acceptors (Lipinski definition) is 1. The highest BCUT2D eigenvalue weighted by Gasteiger charge is 2.02. The van der Waals surface area contributed by atoms with Crippen LogP contribution in [0.3, 0.4) is 0 Å². The first kappa shape index (κ1) is 20.4. The molecule has 0 fully saturated rings. The predicted octanol–water partition coefficient (Wildman–Crippen LogP) is 6.55. The zero-order valence-corrected chi connectivity index (χ0v) is 17.2. The second-order valence-corrected chi connectivity index (χ2v) is 7.26. The molecule has 0 aliphatic rings. The maximum absolute atomic E-state index is 12.1. The van der Waals surface area contributed by atoms with Crippen molar-refractivity contribution in [2.24, 2.45) is 0 Å². The molecule has 0 unspecified atom stereocenters. The molecule has 0 bridgehead atoms. The molecule has 0 spiro atoms. The number of carbonyl (C=O) groups is 1. The maximum atomic E-state index is 12.1. The first-order valence-electron chi connectivity index (χ1n) is 9.25. The summed E-state index contributed by atoms with van der Waals surface area (Å²) >= 11 is 0. The number of benzene rings is 2. The lowest BCUT2D eigenvalue weighted by Crippen LogP contribution is -2.08. The van der Waals surface area contributed by atoms with Crippen LogP contribution in [0.5, 0.6) is 0 Å². The average Bonchev–Trinajstić information content (AvgIpc) is 2.60. The van der Waals surface area contributed by atoms with Crippen LogP contribution in [-0.2, 0) is 4.79 Å². The monoisotopic (exact) mass is 359 g/mol. The molecule has 140 valence electrons. The van der Waals surface area contributed by atoms with Gasteiger partial charge in [0.05, 0.1) is 0 Å². The van der Waals surface area contributed by atoms with Gasteiger partial charge < -0.3 is 5.32 Å². The molecule has 2 nitrogen and oxygen atoms in total. The summed E-state index contributed by atoms with van der Waals surface area (Å²) in [6.07, 6.45) is 5.67. The summed E-state index contributed by atoms with van der Waals surface area (Å²) < 4.78 is 0. The predicted molar refractivity (Wildman–Crippen MR) is 117 cm³/mol. The number of allylic oxidation sites excluding steroid dienone is 5. The fraction of sp³-hybridized carbons (Fsp3) is 0.240. The molecule has 2 rings (SSSR count). The van der Waals surface area contributed by atoms with Crippen LogP contribution in [0, 0.1) is 20.8 Å². The quantitative estimate of drug-likeness (QED) is 0.476. The molecule has 0 atom stereocenters. The van der Waals surface area contributed by atoms with E-state index in [0.29, 0.717) is 0 Å². The van der Waals surface area contributed by atoms with E-state index in [1.54, 1.807) is 6.08 Å². The van der Waals surface area contributed by atoms with Crippen molar-refractivity contribution in [3.05, 3.63) is 94.1 Å². The van der Waals surface area contributed by atoms with Crippen molar-refractivity contribution in [1.29, 1.82) is 0 Å². The minimum atomic E-state index is -0.117. The number of nitrogens with one attached hydrogen (secondary N) is 1. The van der Waals surface area contributed by atoms with Gasteiger partial charge in [-0.25, -0.2) is 0 Å². The van der Waals surface area contributed by atoms with Crippen molar-refractivity contribution in [3.8, 4) is 0 Å². The summed E-state index contributed by atoms with van der Waals surface area (Å²) in [5.41, 5.74) is 9.10. The van der Waals surface area contributed by atoms with Gasteiger partial charge in [-0.1, -0.05) is 59.2 Å². The van der Waals surface area contributed by atoms with Gasteiger partial charge in [0.25, 0.3) is 0 Å². The van der Waals surface area contributed by atoms with Crippen LogP contribution in [0.1, 0.15) is 43.0 Å². The maximum Gasteiger partial charge on any atom is 0.248 e. The van der Waals surface area contributed by atoms with Crippen molar-refractivity contribution in [1.82, 2.24) is 0 Å². The molecular formula is C25H29NO. The molecule has 2 aromatic rings. The highest BCUT2D eigenvalue weighted by molar-refractivity contribution is 6.00. The van der Waals surface area contributed by atoms with E-state index in [-0.39, 0.29) is 5.91 Å². The molecule has 0 saturated heterocycles. The number of aryl methyl sites for hydroxylation is 3. The second-order valence-electron chi connectivity index (χ2n) is 7.26. The zero-order valence-electron chi connectivity index (χ0n) is 17.2. The van der Waals surface area contributed by atoms with E-state index in [4.69, 9.17) is 0 Å². The van der Waals surface area contributed by atoms with E-state index in [0.717, 1.165) is 11.3 Å². The van der Waals surface area contributed by atoms with Gasteiger partial charge in [0.1, 0.15) is 0 Å². The van der Waals surface area contributed by atoms with Crippen molar-refractivity contribution < 1.29 is 4.79 Å². The highest BCUT2D eigenvalue weighted by atomic mass is 16.1. The Balaban J connectivity index is 2.09. The minimum Gasteiger partial charge on any atom is -0.323 e. The van der Waals surface area contributed by atoms with E-state index in [1.165, 1.54) is 33.4 Å². The Morgan fingerprint density at radius 2 is 1.41 bits per heavy atom. The summed E-state index contributed by atoms with van der Waals surface area (Å²) in [6, 6.07) is 14.4. The summed E-state index contributed by atoms with van der Waals surface area (Å²) in [5, 5.41) is 2.89. The molecule has 0 heterocycles. The van der Waals surface area contributed by atoms with Gasteiger partial charge in [-0.2, -0.15) is 0 Å². The van der Waals surface area contributed by atoms with Gasteiger partial charge in [-0.05, 0) is 76.0 Å². The van der Waals surface area contributed by atoms with Crippen molar-refractivity contribution in [2.45, 2.75) is 41.5 Å². The summed E-state index contributed by atoms with van der Waals surface area (Å²) in [6.45, 7) is 12.4. The number of amides is 1. The lowest BCUT2D eigenvalue weighted by molar-refractivity contribution is -0.111. The van der Waals surface area contributed by atoms with Gasteiger partial charge in [0.15, 0.2) is 0 Å². The molecule has 1 amide bonds. The molecule has 0 radical (unpaired) electrons. The van der Waals surface area contributed by atoms with Gasteiger partial charge in [-0.3, -0.25) is 4.79 Å². The van der Waals surface area contributed by atoms with Crippen LogP contribution < -0.4 is 5.32 Å². The van der Waals surface area contributed by atoms with Crippen molar-refractivity contribution >= 4 is 17.2 Å². The number of anilines is 1. The molecular weight excluding hydrogens is 330 g/mol. The third-order valence-corrected chi connectivity index (χ3v) is 4.52. The Kier molecular flexibility index (Phi) is 6.95. The van der Waals surface area contributed by atoms with Crippen molar-refractivity contribution in [2.75, 3.05) is 5.32 Å². The summed E-state index contributed by atoms with van der Waals surface area (Å²) in [7, 11) is 0. The fourth-order valence-electron chi connectivity index (χ4n) is 2.87. The third kappa shape index (κ3) is 6.41. The lowest BCUT2D eigenvalue weighted by atomic mass is 9.98. The first-order chi connectivity index (χ1) is 12.7. The molecule has 0 saturated carbocycles. The fourth-order valence-corrected chi connectivity index (χ4v) is 2.87. The Morgan fingerprint density at radius 1 is 0.815 bits per heavy atom. The molecule has 1 N–H and O–H groups in total. The second kappa shape index (κ2) is 9.18.